The Bertz CT molecular complexity index is 2920. The quantitative estimate of drug-likeness (QED) is 0.0947. The molecule has 0 spiro atoms. The third-order valence-corrected chi connectivity index (χ3v) is 14.5. The Morgan fingerprint density at radius 2 is 1.76 bits per heavy atom. The summed E-state index contributed by atoms with van der Waals surface area (Å²) >= 11 is 2.80. The summed E-state index contributed by atoms with van der Waals surface area (Å²) in [5.41, 5.74) is 7.71. The molecule has 3 heterocycles. The summed E-state index contributed by atoms with van der Waals surface area (Å²) in [6, 6.07) is 1.72. The maximum Gasteiger partial charge on any atom is 0.354 e. The molecule has 4 atom stereocenters. The van der Waals surface area contributed by atoms with Crippen molar-refractivity contribution < 1.29 is 44.0 Å². The van der Waals surface area contributed by atoms with Crippen molar-refractivity contribution in [3.8, 4) is 5.75 Å². The number of hydrogen-bond donors (Lipinski definition) is 4. The number of thioether (sulfide) groups is 2. The van der Waals surface area contributed by atoms with Gasteiger partial charge in [0.2, 0.25) is 0 Å². The number of carbonyl (C=O) groups is 4. The molecule has 5 aliphatic carbocycles. The molecule has 2 aliphatic heterocycles. The first kappa shape index (κ1) is 32.6. The van der Waals surface area contributed by atoms with Crippen LogP contribution in [0.1, 0.15) is 49.5 Å². The molecule has 0 fully saturated rings. The predicted octanol–water partition coefficient (Wildman–Crippen LogP) is 5.51. The number of aromatic carboxylic acids is 1. The minimum Gasteiger partial charge on any atom is -0.496 e. The van der Waals surface area contributed by atoms with Crippen LogP contribution in [0.5, 0.6) is 5.75 Å². The van der Waals surface area contributed by atoms with Gasteiger partial charge in [-0.15, -0.1) is 23.5 Å². The number of nitrogens with one attached hydrogen (secondary N) is 1. The van der Waals surface area contributed by atoms with E-state index in [0.29, 0.717) is 72.7 Å². The summed E-state index contributed by atoms with van der Waals surface area (Å²) in [6.45, 7) is 0.346. The molecule has 0 amide bonds. The van der Waals surface area contributed by atoms with Crippen LogP contribution >= 0.6 is 23.5 Å². The number of aliphatic carboxylic acids is 2. The second-order valence-corrected chi connectivity index (χ2v) is 16.5. The third-order valence-electron chi connectivity index (χ3n) is 12.4. The number of benzene rings is 3. The number of ether oxygens (including phenoxy) is 2. The Hall–Kier alpha value is -5.80. The third kappa shape index (κ3) is 3.47. The summed E-state index contributed by atoms with van der Waals surface area (Å²) < 4.78 is 12.2. The Balaban J connectivity index is 1.51. The number of rotatable bonds is 9. The number of aromatic nitrogens is 1. The first-order valence-corrected chi connectivity index (χ1v) is 19.7. The van der Waals surface area contributed by atoms with Crippen LogP contribution in [0.3, 0.4) is 0 Å². The van der Waals surface area contributed by atoms with E-state index in [0.717, 1.165) is 44.3 Å². The van der Waals surface area contributed by atoms with Crippen LogP contribution < -0.4 is 10.1 Å². The highest BCUT2D eigenvalue weighted by Crippen LogP contribution is 2.72. The van der Waals surface area contributed by atoms with Crippen molar-refractivity contribution >= 4 is 97.4 Å². The number of dihydropyridines is 1. The molecule has 4 N–H and O–H groups in total. The number of fused-ring (bicyclic) bond motifs is 1. The molecule has 0 bridgehead atoms. The standard InChI is InChI=1S/C40H28N4O9S2/c1-41-31-10-6-13(44(2)3)18-20-15(10)26-25-24-22-17-12(8-55-37(17)28(25)34(40(50)51)43-32(26)29(31)38(46)47)42-33-27(22)16-11(36(54-5)30(33)39(48)49)7-14(53-9-45)19(35(18)52-4)21(16)23(20)24/h6-7,9,15,20,26,37,41H,8H2,1-5H3,(H,46,47)(H,48,49)(H,50,51). The number of methoxy groups -OCH3 is 1. The minimum absolute atomic E-state index is 0.0262. The van der Waals surface area contributed by atoms with Crippen LogP contribution in [-0.2, 0) is 24.9 Å². The van der Waals surface area contributed by atoms with Crippen molar-refractivity contribution in [2.24, 2.45) is 16.8 Å². The zero-order chi connectivity index (χ0) is 38.3. The molecule has 4 unspecified atom stereocenters. The van der Waals surface area contributed by atoms with Gasteiger partial charge in [0.15, 0.2) is 5.71 Å². The molecule has 7 aliphatic rings. The number of allylic oxidation sites excluding steroid dienone is 4. The summed E-state index contributed by atoms with van der Waals surface area (Å²) in [7, 11) is 7.03. The first-order valence-electron chi connectivity index (χ1n) is 17.4. The number of nitrogens with zero attached hydrogens (tertiary/aromatic N) is 3. The molecule has 11 rings (SSSR count). The van der Waals surface area contributed by atoms with Gasteiger partial charge in [0.05, 0.1) is 46.1 Å². The lowest BCUT2D eigenvalue weighted by atomic mass is 9.51. The van der Waals surface area contributed by atoms with Crippen LogP contribution in [0.4, 0.5) is 0 Å². The Kier molecular flexibility index (Phi) is 6.22. The fourth-order valence-corrected chi connectivity index (χ4v) is 13.0. The van der Waals surface area contributed by atoms with E-state index in [9.17, 15) is 34.5 Å². The molecule has 0 saturated carbocycles. The number of pyridine rings is 1. The molecule has 1 aromatic heterocycles. The Morgan fingerprint density at radius 3 is 2.40 bits per heavy atom. The van der Waals surface area contributed by atoms with Gasteiger partial charge in [-0.3, -0.25) is 9.78 Å². The molecule has 15 heteroatoms. The van der Waals surface area contributed by atoms with Crippen LogP contribution in [0.15, 0.2) is 61.4 Å². The average Bonchev–Trinajstić information content (AvgIpc) is 3.59. The summed E-state index contributed by atoms with van der Waals surface area (Å²) in [5, 5.41) is 38.9. The molecule has 0 radical (unpaired) electrons. The van der Waals surface area contributed by atoms with E-state index < -0.39 is 40.9 Å². The van der Waals surface area contributed by atoms with Crippen LogP contribution in [-0.4, -0.2) is 89.8 Å². The van der Waals surface area contributed by atoms with Gasteiger partial charge < -0.3 is 35.0 Å². The molecule has 0 saturated heterocycles. The summed E-state index contributed by atoms with van der Waals surface area (Å²) in [4.78, 5) is 64.8. The minimum atomic E-state index is -1.28. The lowest BCUT2D eigenvalue weighted by Gasteiger charge is -2.54. The van der Waals surface area contributed by atoms with E-state index >= 15 is 0 Å². The number of carbonyl (C=O) groups excluding carboxylic acids is 1. The van der Waals surface area contributed by atoms with E-state index in [4.69, 9.17) is 19.5 Å². The number of carboxylic acid groups (broad SMARTS) is 3. The lowest BCUT2D eigenvalue weighted by molar-refractivity contribution is -0.133. The van der Waals surface area contributed by atoms with Crippen molar-refractivity contribution in [2.45, 2.75) is 21.8 Å². The highest BCUT2D eigenvalue weighted by Gasteiger charge is 2.60. The highest BCUT2D eigenvalue weighted by molar-refractivity contribution is 7.99. The van der Waals surface area contributed by atoms with Gasteiger partial charge >= 0.3 is 17.9 Å². The van der Waals surface area contributed by atoms with Crippen LogP contribution in [0.25, 0.3) is 43.8 Å². The SMILES string of the molecule is CNC1=C2C=C(N(C)C)C3=C(OC)c4c(OC=O)cc5c(SC)c(C(=O)O)c6nc7c8c9c%10c(c4c5c69)C3C2C2C(=C1C(=O)O)N=C(C(=O)O)C(=C%102)C8SC7. The summed E-state index contributed by atoms with van der Waals surface area (Å²) in [6.07, 6.45) is 3.79. The van der Waals surface area contributed by atoms with Gasteiger partial charge in [-0.05, 0) is 46.1 Å². The number of likely N-dealkylation sites (N-methyl/N-ethyl adjacent to an activating group) is 2. The summed E-state index contributed by atoms with van der Waals surface area (Å²) in [5.74, 6) is -4.21. The molecular weight excluding hydrogens is 745 g/mol. The largest absolute Gasteiger partial charge is 0.496 e. The van der Waals surface area contributed by atoms with Crippen molar-refractivity contribution in [2.75, 3.05) is 34.5 Å². The van der Waals surface area contributed by atoms with E-state index in [-0.39, 0.29) is 28.3 Å². The van der Waals surface area contributed by atoms with E-state index in [1.165, 1.54) is 23.5 Å². The van der Waals surface area contributed by atoms with Gasteiger partial charge in [-0.1, -0.05) is 0 Å². The molecule has 4 aromatic rings. The zero-order valence-corrected chi connectivity index (χ0v) is 31.3. The Labute approximate surface area is 319 Å². The van der Waals surface area contributed by atoms with E-state index in [1.54, 1.807) is 20.2 Å². The monoisotopic (exact) mass is 772 g/mol. The second kappa shape index (κ2) is 10.5. The van der Waals surface area contributed by atoms with Crippen molar-refractivity contribution in [1.29, 1.82) is 0 Å². The smallest absolute Gasteiger partial charge is 0.354 e. The fourth-order valence-electron chi connectivity index (χ4n) is 10.9. The predicted molar refractivity (Wildman–Crippen MR) is 206 cm³/mol. The Morgan fingerprint density at radius 1 is 1.00 bits per heavy atom. The van der Waals surface area contributed by atoms with Gasteiger partial charge in [0.25, 0.3) is 6.47 Å². The van der Waals surface area contributed by atoms with Crippen molar-refractivity contribution in [3.63, 3.8) is 0 Å². The zero-order valence-electron chi connectivity index (χ0n) is 29.7. The number of aliphatic imine (C=N–C) groups is 1. The average molecular weight is 773 g/mol. The first-order chi connectivity index (χ1) is 26.5. The van der Waals surface area contributed by atoms with Crippen molar-refractivity contribution in [3.05, 3.63) is 85.0 Å². The molecule has 274 valence electrons. The molecule has 55 heavy (non-hydrogen) atoms. The van der Waals surface area contributed by atoms with Crippen LogP contribution in [0.2, 0.25) is 0 Å². The topological polar surface area (TPSA) is 188 Å². The molecule has 13 nitrogen and oxygen atoms in total. The highest BCUT2D eigenvalue weighted by atomic mass is 32.2. The van der Waals surface area contributed by atoms with Gasteiger partial charge in [0.1, 0.15) is 17.1 Å². The molecule has 3 aromatic carbocycles. The second-order valence-electron chi connectivity index (χ2n) is 14.6. The van der Waals surface area contributed by atoms with Gasteiger partial charge in [0, 0.05) is 93.5 Å². The van der Waals surface area contributed by atoms with Crippen molar-refractivity contribution in [1.82, 2.24) is 15.2 Å². The van der Waals surface area contributed by atoms with Gasteiger partial charge in [-0.25, -0.2) is 19.4 Å². The molecular formula is C40H28N4O9S2. The van der Waals surface area contributed by atoms with Gasteiger partial charge in [-0.2, -0.15) is 0 Å². The van der Waals surface area contributed by atoms with Crippen LogP contribution in [0, 0.1) is 11.8 Å². The lowest BCUT2D eigenvalue weighted by Crippen LogP contribution is -2.46. The normalized spacial score (nSPS) is 23.4. The number of hydrogen-bond acceptors (Lipinski definition) is 12. The number of carboxylic acids is 3. The van der Waals surface area contributed by atoms with E-state index in [2.05, 4.69) is 5.32 Å². The van der Waals surface area contributed by atoms with E-state index in [1.807, 2.05) is 31.3 Å². The maximum atomic E-state index is 13.4. The maximum absolute atomic E-state index is 13.4. The fraction of sp³-hybridized carbons (Fsp3) is 0.250.